The van der Waals surface area contributed by atoms with Gasteiger partial charge in [-0.3, -0.25) is 0 Å². The average Bonchev–Trinajstić information content (AvgIpc) is 2.65. The van der Waals surface area contributed by atoms with Gasteiger partial charge in [0.2, 0.25) is 0 Å². The highest BCUT2D eigenvalue weighted by Gasteiger charge is 2.31. The van der Waals surface area contributed by atoms with E-state index in [1.807, 2.05) is 0 Å². The molecule has 0 saturated heterocycles. The minimum Gasteiger partial charge on any atom is -0.314 e. The predicted octanol–water partition coefficient (Wildman–Crippen LogP) is 4.45. The molecule has 0 spiro atoms. The maximum atomic E-state index is 3.77. The lowest BCUT2D eigenvalue weighted by Crippen LogP contribution is -2.45. The highest BCUT2D eigenvalue weighted by molar-refractivity contribution is 4.86. The second-order valence-electron chi connectivity index (χ2n) is 8.40. The van der Waals surface area contributed by atoms with Crippen molar-refractivity contribution in [3.05, 3.63) is 0 Å². The smallest absolute Gasteiger partial charge is 0.0107 e. The van der Waals surface area contributed by atoms with Crippen molar-refractivity contribution in [1.82, 2.24) is 10.2 Å². The Morgan fingerprint density at radius 2 is 1.67 bits per heavy atom. The van der Waals surface area contributed by atoms with Gasteiger partial charge in [0.1, 0.15) is 0 Å². The van der Waals surface area contributed by atoms with Crippen molar-refractivity contribution < 1.29 is 0 Å². The molecule has 0 aromatic heterocycles. The van der Waals surface area contributed by atoms with Gasteiger partial charge in [-0.2, -0.15) is 0 Å². The van der Waals surface area contributed by atoms with Crippen molar-refractivity contribution in [3.8, 4) is 0 Å². The van der Waals surface area contributed by atoms with Crippen LogP contribution in [0.4, 0.5) is 0 Å². The summed E-state index contributed by atoms with van der Waals surface area (Å²) in [6.07, 6.45) is 12.8. The van der Waals surface area contributed by atoms with Gasteiger partial charge in [0.05, 0.1) is 0 Å². The Morgan fingerprint density at radius 1 is 1.00 bits per heavy atom. The zero-order chi connectivity index (χ0) is 15.3. The van der Waals surface area contributed by atoms with E-state index in [1.54, 1.807) is 0 Å². The van der Waals surface area contributed by atoms with Crippen LogP contribution in [0.15, 0.2) is 0 Å². The average molecular weight is 295 g/mol. The maximum absolute atomic E-state index is 3.77. The predicted molar refractivity (Wildman–Crippen MR) is 92.7 cm³/mol. The van der Waals surface area contributed by atoms with Crippen LogP contribution in [0.25, 0.3) is 0 Å². The molecule has 0 aromatic rings. The van der Waals surface area contributed by atoms with Crippen molar-refractivity contribution in [2.45, 2.75) is 90.6 Å². The van der Waals surface area contributed by atoms with Gasteiger partial charge in [-0.25, -0.2) is 0 Å². The van der Waals surface area contributed by atoms with Gasteiger partial charge in [-0.15, -0.1) is 0 Å². The Bertz CT molecular complexity index is 290. The first kappa shape index (κ1) is 17.3. The van der Waals surface area contributed by atoms with Crippen LogP contribution in [0.5, 0.6) is 0 Å². The molecular weight excluding hydrogens is 256 g/mol. The summed E-state index contributed by atoms with van der Waals surface area (Å²) in [7, 11) is 2.39. The highest BCUT2D eigenvalue weighted by Crippen LogP contribution is 2.37. The Hall–Kier alpha value is -0.0800. The van der Waals surface area contributed by atoms with Crippen molar-refractivity contribution >= 4 is 0 Å². The quantitative estimate of drug-likeness (QED) is 0.754. The summed E-state index contributed by atoms with van der Waals surface area (Å²) in [5.41, 5.74) is 0.589. The van der Waals surface area contributed by atoms with Crippen LogP contribution in [0.2, 0.25) is 0 Å². The van der Waals surface area contributed by atoms with E-state index in [9.17, 15) is 0 Å². The number of hydrogen-bond acceptors (Lipinski definition) is 2. The lowest BCUT2D eigenvalue weighted by atomic mass is 9.75. The molecule has 0 aromatic carbocycles. The molecule has 0 aliphatic heterocycles. The summed E-state index contributed by atoms with van der Waals surface area (Å²) < 4.78 is 0. The first-order valence-corrected chi connectivity index (χ1v) is 9.45. The lowest BCUT2D eigenvalue weighted by Gasteiger charge is -2.40. The second kappa shape index (κ2) is 7.97. The van der Waals surface area contributed by atoms with E-state index < -0.39 is 0 Å². The van der Waals surface area contributed by atoms with E-state index in [1.165, 1.54) is 64.3 Å². The minimum atomic E-state index is 0.589. The van der Waals surface area contributed by atoms with Gasteiger partial charge in [0.25, 0.3) is 0 Å². The Labute approximate surface area is 133 Å². The van der Waals surface area contributed by atoms with E-state index in [0.29, 0.717) is 5.41 Å². The normalized spacial score (nSPS) is 31.3. The molecule has 2 rings (SSSR count). The lowest BCUT2D eigenvalue weighted by molar-refractivity contribution is 0.105. The fraction of sp³-hybridized carbons (Fsp3) is 1.00. The zero-order valence-electron chi connectivity index (χ0n) is 15.0. The molecule has 1 N–H and O–H groups in total. The molecule has 0 heterocycles. The Kier molecular flexibility index (Phi) is 6.55. The molecule has 2 saturated carbocycles. The van der Waals surface area contributed by atoms with Crippen molar-refractivity contribution in [2.75, 3.05) is 20.1 Å². The van der Waals surface area contributed by atoms with Crippen LogP contribution in [-0.2, 0) is 0 Å². The third-order valence-corrected chi connectivity index (χ3v) is 6.08. The summed E-state index contributed by atoms with van der Waals surface area (Å²) in [6, 6.07) is 1.60. The number of hydrogen-bond donors (Lipinski definition) is 1. The topological polar surface area (TPSA) is 15.3 Å². The summed E-state index contributed by atoms with van der Waals surface area (Å²) in [4.78, 5) is 2.70. The van der Waals surface area contributed by atoms with E-state index >= 15 is 0 Å². The fourth-order valence-electron chi connectivity index (χ4n) is 4.48. The van der Waals surface area contributed by atoms with Crippen LogP contribution in [0, 0.1) is 11.3 Å². The molecule has 21 heavy (non-hydrogen) atoms. The van der Waals surface area contributed by atoms with Gasteiger partial charge >= 0.3 is 0 Å². The van der Waals surface area contributed by atoms with Gasteiger partial charge in [0.15, 0.2) is 0 Å². The van der Waals surface area contributed by atoms with Crippen LogP contribution in [-0.4, -0.2) is 37.1 Å². The van der Waals surface area contributed by atoms with Crippen LogP contribution in [0.3, 0.4) is 0 Å². The first-order chi connectivity index (χ1) is 10.0. The molecule has 2 heteroatoms. The molecule has 0 bridgehead atoms. The van der Waals surface area contributed by atoms with Gasteiger partial charge in [-0.05, 0) is 63.5 Å². The number of nitrogens with zero attached hydrogens (tertiary/aromatic N) is 1. The van der Waals surface area contributed by atoms with Crippen molar-refractivity contribution in [1.29, 1.82) is 0 Å². The Balaban J connectivity index is 1.86. The summed E-state index contributed by atoms with van der Waals surface area (Å²) in [5, 5.41) is 3.77. The van der Waals surface area contributed by atoms with Gasteiger partial charge in [0, 0.05) is 18.6 Å². The first-order valence-electron chi connectivity index (χ1n) is 9.45. The third kappa shape index (κ3) is 5.25. The third-order valence-electron chi connectivity index (χ3n) is 6.08. The molecule has 0 amide bonds. The summed E-state index contributed by atoms with van der Waals surface area (Å²) in [5.74, 6) is 0.868. The maximum Gasteiger partial charge on any atom is 0.0107 e. The molecule has 2 unspecified atom stereocenters. The molecular formula is C19H38N2. The Morgan fingerprint density at radius 3 is 2.33 bits per heavy atom. The summed E-state index contributed by atoms with van der Waals surface area (Å²) >= 11 is 0. The largest absolute Gasteiger partial charge is 0.314 e. The minimum absolute atomic E-state index is 0.589. The van der Waals surface area contributed by atoms with E-state index in [0.717, 1.165) is 24.5 Å². The summed E-state index contributed by atoms with van der Waals surface area (Å²) in [6.45, 7) is 9.57. The molecule has 2 nitrogen and oxygen atoms in total. The van der Waals surface area contributed by atoms with E-state index in [-0.39, 0.29) is 0 Å². The van der Waals surface area contributed by atoms with Crippen molar-refractivity contribution in [3.63, 3.8) is 0 Å². The molecule has 2 atom stereocenters. The molecule has 2 aliphatic carbocycles. The molecule has 124 valence electrons. The van der Waals surface area contributed by atoms with E-state index in [4.69, 9.17) is 0 Å². The van der Waals surface area contributed by atoms with Crippen LogP contribution < -0.4 is 5.32 Å². The zero-order valence-corrected chi connectivity index (χ0v) is 15.0. The van der Waals surface area contributed by atoms with Crippen molar-refractivity contribution in [2.24, 2.45) is 11.3 Å². The van der Waals surface area contributed by atoms with Crippen LogP contribution in [0.1, 0.15) is 78.6 Å². The SMILES string of the molecule is CCNC1CCCCCC1CN(C)C1CCC(C)(C)CC1. The number of nitrogens with one attached hydrogen (secondary N) is 1. The van der Waals surface area contributed by atoms with Gasteiger partial charge < -0.3 is 10.2 Å². The molecule has 2 fully saturated rings. The molecule has 0 radical (unpaired) electrons. The standard InChI is InChI=1S/C19H38N2/c1-5-20-18-10-8-6-7-9-16(18)15-21(4)17-11-13-19(2,3)14-12-17/h16-18,20H,5-15H2,1-4H3. The number of rotatable bonds is 5. The second-order valence-corrected chi connectivity index (χ2v) is 8.40. The fourth-order valence-corrected chi connectivity index (χ4v) is 4.48. The monoisotopic (exact) mass is 294 g/mol. The van der Waals surface area contributed by atoms with Crippen LogP contribution >= 0.6 is 0 Å². The molecule has 2 aliphatic rings. The van der Waals surface area contributed by atoms with Gasteiger partial charge in [-0.1, -0.05) is 40.0 Å². The highest BCUT2D eigenvalue weighted by atomic mass is 15.1. The van der Waals surface area contributed by atoms with E-state index in [2.05, 4.69) is 38.0 Å².